The zero-order chi connectivity index (χ0) is 14.9. The molecular weight excluding hydrogens is 319 g/mol. The monoisotopic (exact) mass is 336 g/mol. The van der Waals surface area contributed by atoms with Gasteiger partial charge in [-0.25, -0.2) is 9.38 Å². The van der Waals surface area contributed by atoms with Crippen LogP contribution in [0.15, 0.2) is 28.6 Å². The normalized spacial score (nSPS) is 12.9. The molecule has 0 bridgehead atoms. The first kappa shape index (κ1) is 18.4. The first-order chi connectivity index (χ1) is 9.40. The molecule has 21 heavy (non-hydrogen) atoms. The summed E-state index contributed by atoms with van der Waals surface area (Å²) in [5.74, 6) is -2.46. The Balaban J connectivity index is 0.00000220. The Kier molecular flexibility index (Phi) is 6.59. The summed E-state index contributed by atoms with van der Waals surface area (Å²) < 4.78 is 15.9. The van der Waals surface area contributed by atoms with Crippen molar-refractivity contribution in [3.05, 3.63) is 45.5 Å². The van der Waals surface area contributed by atoms with Crippen LogP contribution in [0.2, 0.25) is 0 Å². The van der Waals surface area contributed by atoms with Gasteiger partial charge in [-0.3, -0.25) is 4.79 Å². The number of carboxylic acid groups (broad SMARTS) is 1. The van der Waals surface area contributed by atoms with Crippen molar-refractivity contribution in [2.24, 2.45) is 12.0 Å². The van der Waals surface area contributed by atoms with E-state index in [1.165, 1.54) is 30.4 Å². The summed E-state index contributed by atoms with van der Waals surface area (Å²) in [5, 5.41) is 10.9. The van der Waals surface area contributed by atoms with Gasteiger partial charge in [0.25, 0.3) is 0 Å². The zero-order valence-corrected chi connectivity index (χ0v) is 12.2. The summed E-state index contributed by atoms with van der Waals surface area (Å²) in [6.07, 6.45) is 0. The van der Waals surface area contributed by atoms with E-state index in [0.29, 0.717) is 5.69 Å². The molecule has 0 radical (unpaired) electrons. The molecule has 110 valence electrons. The molecule has 1 unspecified atom stereocenters. The number of aromatic nitrogens is 1. The summed E-state index contributed by atoms with van der Waals surface area (Å²) in [5.41, 5.74) is 1.72. The topological polar surface area (TPSA) is 54.6 Å². The van der Waals surface area contributed by atoms with Gasteiger partial charge >= 0.3 is 43.7 Å². The summed E-state index contributed by atoms with van der Waals surface area (Å²) >= 11 is 1.47. The Morgan fingerprint density at radius 3 is 2.62 bits per heavy atom. The van der Waals surface area contributed by atoms with Crippen LogP contribution in [0, 0.1) is 12.7 Å². The van der Waals surface area contributed by atoms with Gasteiger partial charge in [0.1, 0.15) is 5.82 Å². The summed E-state index contributed by atoms with van der Waals surface area (Å²) in [7, 11) is 1.89. The summed E-state index contributed by atoms with van der Waals surface area (Å²) in [4.78, 5) is 16.0. The van der Waals surface area contributed by atoms with Gasteiger partial charge in [-0.2, -0.15) is 0 Å². The van der Waals surface area contributed by atoms with Crippen LogP contribution in [0.25, 0.3) is 0 Å². The molecule has 7 heteroatoms. The number of benzene rings is 1. The summed E-state index contributed by atoms with van der Waals surface area (Å²) in [6, 6.07) is 4.38. The number of aliphatic carboxylic acids is 1. The molecule has 0 fully saturated rings. The minimum atomic E-state index is -1.05. The number of thiazole rings is 1. The number of hydrogen-bond acceptors (Lipinski definition) is 3. The molecule has 1 aromatic heterocycles. The zero-order valence-electron chi connectivity index (χ0n) is 11.4. The van der Waals surface area contributed by atoms with E-state index in [1.807, 2.05) is 23.9 Å². The van der Waals surface area contributed by atoms with Crippen LogP contribution in [0.4, 0.5) is 10.1 Å². The van der Waals surface area contributed by atoms with Gasteiger partial charge in [0.15, 0.2) is 4.80 Å². The second kappa shape index (κ2) is 7.54. The van der Waals surface area contributed by atoms with E-state index < -0.39 is 17.7 Å². The predicted octanol–water partition coefficient (Wildman–Crippen LogP) is 2.04. The Hall–Kier alpha value is -0.690. The molecule has 2 aromatic rings. The van der Waals surface area contributed by atoms with Gasteiger partial charge in [-0.05, 0) is 26.0 Å². The molecule has 0 amide bonds. The van der Waals surface area contributed by atoms with E-state index >= 15 is 0 Å². The van der Waals surface area contributed by atoms with Crippen molar-refractivity contribution in [2.45, 2.75) is 19.8 Å². The Morgan fingerprint density at radius 2 is 2.14 bits per heavy atom. The average Bonchev–Trinajstić information content (AvgIpc) is 2.70. The fourth-order valence-electron chi connectivity index (χ4n) is 1.73. The first-order valence-corrected chi connectivity index (χ1v) is 6.96. The molecule has 1 heterocycles. The van der Waals surface area contributed by atoms with Crippen molar-refractivity contribution in [1.29, 1.82) is 0 Å². The maximum atomic E-state index is 13.9. The number of aryl methyl sites for hydroxylation is 1. The first-order valence-electron chi connectivity index (χ1n) is 6.08. The van der Waals surface area contributed by atoms with Crippen molar-refractivity contribution in [3.63, 3.8) is 0 Å². The van der Waals surface area contributed by atoms with Crippen LogP contribution in [0.5, 0.6) is 0 Å². The molecular formula is C14H17CaFN2O2S. The van der Waals surface area contributed by atoms with Crippen molar-refractivity contribution in [3.8, 4) is 0 Å². The molecule has 4 nitrogen and oxygen atoms in total. The standard InChI is InChI=1S/C14H15FN2O2S.Ca.2H/c1-8-7-20-14(17(8)3)16-10-4-5-11(12(15)6-10)9(2)13(18)19;;;/h4-7,9H,1-3H3,(H,18,19);;;. The molecule has 0 aliphatic carbocycles. The SMILES string of the molecule is Cc1csc(=Nc2ccc(C(C)C(=O)O)c(F)c2)n1C.[CaH2]. The van der Waals surface area contributed by atoms with E-state index in [1.54, 1.807) is 6.07 Å². The number of rotatable bonds is 3. The quantitative estimate of drug-likeness (QED) is 0.872. The molecule has 1 N–H and O–H groups in total. The fourth-order valence-corrected chi connectivity index (χ4v) is 2.62. The molecule has 0 aliphatic rings. The fraction of sp³-hybridized carbons (Fsp3) is 0.286. The molecule has 1 aromatic carbocycles. The van der Waals surface area contributed by atoms with Crippen LogP contribution in [0.1, 0.15) is 24.1 Å². The van der Waals surface area contributed by atoms with Crippen LogP contribution in [-0.4, -0.2) is 53.4 Å². The minimum absolute atomic E-state index is 0. The van der Waals surface area contributed by atoms with E-state index in [0.717, 1.165) is 10.5 Å². The Bertz CT molecular complexity index is 724. The van der Waals surface area contributed by atoms with Gasteiger partial charge in [0.2, 0.25) is 0 Å². The van der Waals surface area contributed by atoms with Gasteiger partial charge in [0, 0.05) is 23.7 Å². The third-order valence-corrected chi connectivity index (χ3v) is 4.23. The number of hydrogen-bond donors (Lipinski definition) is 1. The average molecular weight is 336 g/mol. The van der Waals surface area contributed by atoms with Gasteiger partial charge in [0.05, 0.1) is 11.6 Å². The van der Waals surface area contributed by atoms with E-state index in [4.69, 9.17) is 5.11 Å². The van der Waals surface area contributed by atoms with Crippen LogP contribution >= 0.6 is 11.3 Å². The molecule has 0 saturated heterocycles. The van der Waals surface area contributed by atoms with E-state index in [9.17, 15) is 9.18 Å². The molecule has 1 atom stereocenters. The summed E-state index contributed by atoms with van der Waals surface area (Å²) in [6.45, 7) is 3.42. The number of halogens is 1. The second-order valence-electron chi connectivity index (χ2n) is 4.60. The Labute approximate surface area is 156 Å². The predicted molar refractivity (Wildman–Crippen MR) is 84.2 cm³/mol. The number of nitrogens with zero attached hydrogens (tertiary/aromatic N) is 2. The van der Waals surface area contributed by atoms with Crippen molar-refractivity contribution >= 4 is 60.7 Å². The van der Waals surface area contributed by atoms with Crippen LogP contribution < -0.4 is 4.80 Å². The maximum absolute atomic E-state index is 13.9. The molecule has 2 rings (SSSR count). The Morgan fingerprint density at radius 1 is 1.48 bits per heavy atom. The number of carboxylic acids is 1. The van der Waals surface area contributed by atoms with E-state index in [2.05, 4.69) is 4.99 Å². The third kappa shape index (κ3) is 4.16. The third-order valence-electron chi connectivity index (χ3n) is 3.20. The molecule has 0 saturated carbocycles. The van der Waals surface area contributed by atoms with Gasteiger partial charge in [-0.1, -0.05) is 6.07 Å². The van der Waals surface area contributed by atoms with Gasteiger partial charge < -0.3 is 9.67 Å². The van der Waals surface area contributed by atoms with Crippen LogP contribution in [0.3, 0.4) is 0 Å². The van der Waals surface area contributed by atoms with Crippen molar-refractivity contribution < 1.29 is 14.3 Å². The second-order valence-corrected chi connectivity index (χ2v) is 5.43. The number of carbonyl (C=O) groups is 1. The van der Waals surface area contributed by atoms with E-state index in [-0.39, 0.29) is 43.3 Å². The van der Waals surface area contributed by atoms with Crippen molar-refractivity contribution in [1.82, 2.24) is 4.57 Å². The van der Waals surface area contributed by atoms with Crippen LogP contribution in [-0.2, 0) is 11.8 Å². The van der Waals surface area contributed by atoms with Gasteiger partial charge in [-0.15, -0.1) is 11.3 Å². The molecule has 0 spiro atoms. The molecule has 0 aliphatic heterocycles. The van der Waals surface area contributed by atoms with Crippen molar-refractivity contribution in [2.75, 3.05) is 0 Å².